The first-order chi connectivity index (χ1) is 17.1. The second-order valence-electron chi connectivity index (χ2n) is 7.77. The van der Waals surface area contributed by atoms with Crippen LogP contribution in [0.4, 0.5) is 0 Å². The Labute approximate surface area is 208 Å². The van der Waals surface area contributed by atoms with Crippen molar-refractivity contribution in [3.8, 4) is 0 Å². The smallest absolute Gasteiger partial charge is 0.327 e. The van der Waals surface area contributed by atoms with E-state index in [0.29, 0.717) is 13.2 Å². The van der Waals surface area contributed by atoms with E-state index >= 15 is 0 Å². The molecular weight excluding hydrogens is 488 g/mol. The fourth-order valence-electron chi connectivity index (χ4n) is 3.53. The summed E-state index contributed by atoms with van der Waals surface area (Å²) >= 11 is 0. The van der Waals surface area contributed by atoms with Gasteiger partial charge in [0.25, 0.3) is 0 Å². The largest absolute Gasteiger partial charge is 0.463 e. The Morgan fingerprint density at radius 3 is 1.53 bits per heavy atom. The van der Waals surface area contributed by atoms with Crippen molar-refractivity contribution in [3.63, 3.8) is 0 Å². The van der Waals surface area contributed by atoms with Crippen molar-refractivity contribution in [1.29, 1.82) is 0 Å². The number of carbonyl (C=O) groups excluding carboxylic acids is 4. The molecule has 2 fully saturated rings. The predicted molar refractivity (Wildman–Crippen MR) is 115 cm³/mol. The SMILES string of the molecule is CC(=O)OC[C@@H]1OC2(OCCOCCOCCOCCO2)[C@@H](OC(C)=O)[C@H](OC(C)=O)[C@H]1OC(C)=O. The highest BCUT2D eigenvalue weighted by Gasteiger charge is 2.62. The number of carbonyl (C=O) groups is 4. The lowest BCUT2D eigenvalue weighted by Crippen LogP contribution is -2.70. The van der Waals surface area contributed by atoms with Crippen LogP contribution in [0.2, 0.25) is 0 Å². The van der Waals surface area contributed by atoms with E-state index in [1.165, 1.54) is 6.92 Å². The van der Waals surface area contributed by atoms with Gasteiger partial charge in [-0.3, -0.25) is 19.2 Å². The summed E-state index contributed by atoms with van der Waals surface area (Å²) in [6.45, 7) is 5.35. The molecule has 2 aliphatic rings. The van der Waals surface area contributed by atoms with E-state index < -0.39 is 60.9 Å². The number of rotatable bonds is 5. The average Bonchev–Trinajstić information content (AvgIpc) is 2.78. The van der Waals surface area contributed by atoms with E-state index in [-0.39, 0.29) is 39.6 Å². The summed E-state index contributed by atoms with van der Waals surface area (Å²) in [5.74, 6) is -5.11. The van der Waals surface area contributed by atoms with Gasteiger partial charge in [0.15, 0.2) is 12.2 Å². The highest BCUT2D eigenvalue weighted by molar-refractivity contribution is 5.68. The van der Waals surface area contributed by atoms with E-state index in [1.807, 2.05) is 0 Å². The van der Waals surface area contributed by atoms with Crippen LogP contribution in [0.15, 0.2) is 0 Å². The molecule has 2 heterocycles. The van der Waals surface area contributed by atoms with Crippen LogP contribution >= 0.6 is 0 Å². The normalized spacial score (nSPS) is 27.8. The Bertz CT molecular complexity index is 726. The summed E-state index contributed by atoms with van der Waals surface area (Å²) in [6, 6.07) is 0. The second kappa shape index (κ2) is 15.0. The van der Waals surface area contributed by atoms with E-state index in [1.54, 1.807) is 0 Å². The van der Waals surface area contributed by atoms with Crippen molar-refractivity contribution in [1.82, 2.24) is 0 Å². The first-order valence-corrected chi connectivity index (χ1v) is 11.5. The fourth-order valence-corrected chi connectivity index (χ4v) is 3.53. The molecule has 14 nitrogen and oxygen atoms in total. The summed E-state index contributed by atoms with van der Waals surface area (Å²) in [4.78, 5) is 47.5. The van der Waals surface area contributed by atoms with Gasteiger partial charge in [-0.05, 0) is 0 Å². The van der Waals surface area contributed by atoms with Gasteiger partial charge in [0.1, 0.15) is 12.7 Å². The van der Waals surface area contributed by atoms with Gasteiger partial charge in [-0.25, -0.2) is 0 Å². The van der Waals surface area contributed by atoms with Gasteiger partial charge in [-0.15, -0.1) is 0 Å². The molecule has 2 saturated heterocycles. The van der Waals surface area contributed by atoms with Crippen molar-refractivity contribution >= 4 is 23.9 Å². The van der Waals surface area contributed by atoms with Gasteiger partial charge < -0.3 is 47.4 Å². The topological polar surface area (TPSA) is 161 Å². The highest BCUT2D eigenvalue weighted by atomic mass is 16.9. The lowest BCUT2D eigenvalue weighted by Gasteiger charge is -2.49. The molecule has 36 heavy (non-hydrogen) atoms. The molecule has 0 bridgehead atoms. The first-order valence-electron chi connectivity index (χ1n) is 11.5. The molecule has 0 aromatic heterocycles. The van der Waals surface area contributed by atoms with Crippen molar-refractivity contribution < 1.29 is 66.5 Å². The predicted octanol–water partition coefficient (Wildman–Crippen LogP) is -0.506. The zero-order valence-corrected chi connectivity index (χ0v) is 20.9. The summed E-state index contributed by atoms with van der Waals surface area (Å²) in [5, 5.41) is 0. The Morgan fingerprint density at radius 1 is 0.639 bits per heavy atom. The molecule has 0 saturated carbocycles. The zero-order chi connectivity index (χ0) is 26.6. The first kappa shape index (κ1) is 29.9. The van der Waals surface area contributed by atoms with Crippen LogP contribution in [-0.2, 0) is 66.5 Å². The molecule has 0 unspecified atom stereocenters. The molecule has 0 N–H and O–H groups in total. The Hall–Kier alpha value is -2.36. The second-order valence-corrected chi connectivity index (χ2v) is 7.77. The summed E-state index contributed by atoms with van der Waals surface area (Å²) in [5.41, 5.74) is 0. The standard InChI is InChI=1S/C22H34O14/c1-14(23)30-13-18-19(33-15(2)24)20(34-16(3)25)21(35-17(4)26)22(36-18)31-11-9-28-7-5-27-6-8-29-10-12-32-22/h18-21H,5-13H2,1-4H3/t18-,19-,20+,21-/m0/s1. The average molecular weight is 523 g/mol. The van der Waals surface area contributed by atoms with Gasteiger partial charge in [0, 0.05) is 27.7 Å². The highest BCUT2D eigenvalue weighted by Crippen LogP contribution is 2.38. The molecule has 4 atom stereocenters. The van der Waals surface area contributed by atoms with E-state index in [9.17, 15) is 19.2 Å². The maximum Gasteiger partial charge on any atom is 0.327 e. The Kier molecular flexibility index (Phi) is 12.5. The Morgan fingerprint density at radius 2 is 1.08 bits per heavy atom. The van der Waals surface area contributed by atoms with E-state index in [4.69, 9.17) is 47.4 Å². The molecule has 1 spiro atoms. The fraction of sp³-hybridized carbons (Fsp3) is 0.818. The zero-order valence-electron chi connectivity index (χ0n) is 20.9. The van der Waals surface area contributed by atoms with Crippen LogP contribution in [0, 0.1) is 0 Å². The quantitative estimate of drug-likeness (QED) is 0.335. The Balaban J connectivity index is 2.48. The van der Waals surface area contributed by atoms with Crippen molar-refractivity contribution in [3.05, 3.63) is 0 Å². The van der Waals surface area contributed by atoms with Crippen LogP contribution in [0.1, 0.15) is 27.7 Å². The number of hydrogen-bond donors (Lipinski definition) is 0. The molecule has 2 aliphatic heterocycles. The lowest BCUT2D eigenvalue weighted by molar-refractivity contribution is -0.462. The third-order valence-electron chi connectivity index (χ3n) is 4.81. The van der Waals surface area contributed by atoms with E-state index in [2.05, 4.69) is 0 Å². The molecule has 0 aromatic rings. The molecule has 2 rings (SSSR count). The maximum absolute atomic E-state index is 12.1. The van der Waals surface area contributed by atoms with Crippen LogP contribution in [0.25, 0.3) is 0 Å². The number of hydrogen-bond acceptors (Lipinski definition) is 14. The van der Waals surface area contributed by atoms with Gasteiger partial charge in [0.2, 0.25) is 6.10 Å². The molecule has 206 valence electrons. The third kappa shape index (κ3) is 9.59. The van der Waals surface area contributed by atoms with Crippen LogP contribution in [0.5, 0.6) is 0 Å². The maximum atomic E-state index is 12.1. The monoisotopic (exact) mass is 522 g/mol. The van der Waals surface area contributed by atoms with E-state index in [0.717, 1.165) is 20.8 Å². The van der Waals surface area contributed by atoms with Gasteiger partial charge in [-0.1, -0.05) is 0 Å². The molecule has 14 heteroatoms. The lowest BCUT2D eigenvalue weighted by atomic mass is 9.96. The van der Waals surface area contributed by atoms with Crippen LogP contribution in [-0.4, -0.2) is 114 Å². The van der Waals surface area contributed by atoms with Gasteiger partial charge in [0.05, 0.1) is 52.9 Å². The summed E-state index contributed by atoms with van der Waals surface area (Å²) < 4.78 is 55.5. The minimum atomic E-state index is -2.17. The van der Waals surface area contributed by atoms with Crippen molar-refractivity contribution in [2.75, 3.05) is 59.5 Å². The summed E-state index contributed by atoms with van der Waals surface area (Å²) in [6.07, 6.45) is -5.57. The van der Waals surface area contributed by atoms with Crippen molar-refractivity contribution in [2.45, 2.75) is 58.1 Å². The number of esters is 4. The minimum Gasteiger partial charge on any atom is -0.463 e. The minimum absolute atomic E-state index is 0.0847. The molecule has 0 aliphatic carbocycles. The summed E-state index contributed by atoms with van der Waals surface area (Å²) in [7, 11) is 0. The molecule has 0 radical (unpaired) electrons. The number of ether oxygens (including phenoxy) is 10. The van der Waals surface area contributed by atoms with Gasteiger partial charge >= 0.3 is 29.9 Å². The van der Waals surface area contributed by atoms with Gasteiger partial charge in [-0.2, -0.15) is 0 Å². The van der Waals surface area contributed by atoms with Crippen molar-refractivity contribution in [2.24, 2.45) is 0 Å². The van der Waals surface area contributed by atoms with Crippen LogP contribution < -0.4 is 0 Å². The molecular formula is C22H34O14. The molecule has 0 amide bonds. The van der Waals surface area contributed by atoms with Crippen LogP contribution in [0.3, 0.4) is 0 Å². The molecule has 0 aromatic carbocycles. The third-order valence-corrected chi connectivity index (χ3v) is 4.81.